The predicted molar refractivity (Wildman–Crippen MR) is 80.6 cm³/mol. The van der Waals surface area contributed by atoms with Crippen molar-refractivity contribution in [1.29, 1.82) is 0 Å². The number of benzene rings is 1. The molecule has 0 radical (unpaired) electrons. The van der Waals surface area contributed by atoms with Gasteiger partial charge in [-0.15, -0.1) is 0 Å². The number of fused-ring (bicyclic) bond motifs is 1. The molecule has 3 aromatic rings. The lowest BCUT2D eigenvalue weighted by molar-refractivity contribution is 0.415. The first-order valence-electron chi connectivity index (χ1n) is 6.89. The number of aromatic nitrogens is 5. The van der Waals surface area contributed by atoms with Gasteiger partial charge in [0.2, 0.25) is 0 Å². The molecule has 2 heterocycles. The van der Waals surface area contributed by atoms with E-state index in [1.165, 1.54) is 12.8 Å². The summed E-state index contributed by atoms with van der Waals surface area (Å²) in [7, 11) is 1.66. The van der Waals surface area contributed by atoms with E-state index in [2.05, 4.69) is 25.1 Å². The summed E-state index contributed by atoms with van der Waals surface area (Å²) in [6.45, 7) is 0. The average molecular weight is 301 g/mol. The van der Waals surface area contributed by atoms with Gasteiger partial charge >= 0.3 is 0 Å². The molecule has 0 saturated heterocycles. The van der Waals surface area contributed by atoms with Crippen molar-refractivity contribution in [2.24, 2.45) is 0 Å². The number of hydrogen-bond donors (Lipinski definition) is 2. The molecule has 1 aromatic carbocycles. The lowest BCUT2D eigenvalue weighted by Gasteiger charge is -1.96. The Hall–Kier alpha value is -2.02. The molecule has 1 saturated carbocycles. The average Bonchev–Trinajstić information content (AvgIpc) is 3.11. The molecule has 0 amide bonds. The van der Waals surface area contributed by atoms with Crippen LogP contribution in [-0.4, -0.2) is 32.3 Å². The van der Waals surface area contributed by atoms with Crippen molar-refractivity contribution in [3.05, 3.63) is 29.8 Å². The third-order valence-corrected chi connectivity index (χ3v) is 4.39. The highest BCUT2D eigenvalue weighted by molar-refractivity contribution is 7.98. The minimum absolute atomic E-state index is 0.582. The number of ether oxygens (including phenoxy) is 1. The summed E-state index contributed by atoms with van der Waals surface area (Å²) in [5, 5.41) is 8.14. The van der Waals surface area contributed by atoms with Crippen LogP contribution in [0.2, 0.25) is 0 Å². The molecule has 0 unspecified atom stereocenters. The van der Waals surface area contributed by atoms with E-state index in [9.17, 15) is 0 Å². The van der Waals surface area contributed by atoms with Gasteiger partial charge in [-0.2, -0.15) is 5.10 Å². The van der Waals surface area contributed by atoms with Gasteiger partial charge in [0, 0.05) is 12.0 Å². The summed E-state index contributed by atoms with van der Waals surface area (Å²) in [4.78, 5) is 12.4. The second-order valence-corrected chi connectivity index (χ2v) is 6.09. The van der Waals surface area contributed by atoms with Crippen LogP contribution in [0.5, 0.6) is 5.75 Å². The zero-order chi connectivity index (χ0) is 14.2. The number of nitrogens with one attached hydrogen (secondary N) is 2. The number of hydrogen-bond acceptors (Lipinski definition) is 5. The van der Waals surface area contributed by atoms with Gasteiger partial charge in [-0.05, 0) is 25.0 Å². The molecule has 2 N–H and O–H groups in total. The van der Waals surface area contributed by atoms with Crippen LogP contribution in [0.15, 0.2) is 23.4 Å². The smallest absolute Gasteiger partial charge is 0.166 e. The van der Waals surface area contributed by atoms with Crippen LogP contribution in [0.3, 0.4) is 0 Å². The Morgan fingerprint density at radius 1 is 1.33 bits per heavy atom. The summed E-state index contributed by atoms with van der Waals surface area (Å²) in [6.07, 6.45) is 2.44. The fourth-order valence-electron chi connectivity index (χ4n) is 2.20. The number of nitrogens with zero attached hydrogens (tertiary/aromatic N) is 3. The van der Waals surface area contributed by atoms with E-state index in [0.717, 1.165) is 39.3 Å². The number of imidazole rings is 1. The quantitative estimate of drug-likeness (QED) is 0.708. The zero-order valence-electron chi connectivity index (χ0n) is 11.6. The molecular weight excluding hydrogens is 286 g/mol. The van der Waals surface area contributed by atoms with E-state index in [1.54, 1.807) is 18.9 Å². The lowest BCUT2D eigenvalue weighted by atomic mass is 10.3. The Kier molecular flexibility index (Phi) is 3.07. The molecule has 7 heteroatoms. The first-order valence-corrected chi connectivity index (χ1v) is 7.88. The van der Waals surface area contributed by atoms with Gasteiger partial charge in [0.1, 0.15) is 11.6 Å². The monoisotopic (exact) mass is 301 g/mol. The van der Waals surface area contributed by atoms with Gasteiger partial charge in [0.15, 0.2) is 11.0 Å². The largest absolute Gasteiger partial charge is 0.497 e. The molecule has 0 atom stereocenters. The Morgan fingerprint density at radius 2 is 2.24 bits per heavy atom. The first-order chi connectivity index (χ1) is 10.3. The van der Waals surface area contributed by atoms with Crippen molar-refractivity contribution >= 4 is 22.8 Å². The lowest BCUT2D eigenvalue weighted by Crippen LogP contribution is -1.85. The van der Waals surface area contributed by atoms with Crippen molar-refractivity contribution in [2.45, 2.75) is 29.7 Å². The van der Waals surface area contributed by atoms with E-state index >= 15 is 0 Å². The van der Waals surface area contributed by atoms with Gasteiger partial charge in [-0.1, -0.05) is 11.8 Å². The molecule has 4 rings (SSSR count). The van der Waals surface area contributed by atoms with Crippen LogP contribution >= 0.6 is 11.8 Å². The topological polar surface area (TPSA) is 79.5 Å². The summed E-state index contributed by atoms with van der Waals surface area (Å²) in [6, 6.07) is 5.82. The van der Waals surface area contributed by atoms with Crippen LogP contribution in [0.4, 0.5) is 0 Å². The molecule has 108 valence electrons. The number of thioether (sulfide) groups is 1. The molecule has 1 aliphatic carbocycles. The number of methoxy groups -OCH3 is 1. The zero-order valence-corrected chi connectivity index (χ0v) is 12.4. The molecule has 0 spiro atoms. The van der Waals surface area contributed by atoms with Gasteiger partial charge < -0.3 is 9.72 Å². The third-order valence-electron chi connectivity index (χ3n) is 3.50. The highest BCUT2D eigenvalue weighted by Gasteiger charge is 2.27. The Morgan fingerprint density at radius 3 is 3.05 bits per heavy atom. The van der Waals surface area contributed by atoms with E-state index in [1.807, 2.05) is 18.2 Å². The van der Waals surface area contributed by atoms with Gasteiger partial charge in [-0.3, -0.25) is 5.10 Å². The first kappa shape index (κ1) is 12.7. The van der Waals surface area contributed by atoms with E-state index < -0.39 is 0 Å². The molecule has 1 aliphatic rings. The standard InChI is InChI=1S/C14H15N5OS/c1-20-9-4-5-10-11(6-9)16-14(15-10)21-7-12-17-13(19-18-12)8-2-3-8/h4-6,8H,2-3,7H2,1H3,(H,15,16)(H,17,18,19). The highest BCUT2D eigenvalue weighted by atomic mass is 32.2. The summed E-state index contributed by atoms with van der Waals surface area (Å²) in [5.41, 5.74) is 1.92. The van der Waals surface area contributed by atoms with Gasteiger partial charge in [-0.25, -0.2) is 9.97 Å². The molecule has 0 aliphatic heterocycles. The van der Waals surface area contributed by atoms with Crippen molar-refractivity contribution in [2.75, 3.05) is 7.11 Å². The Bertz CT molecular complexity index is 777. The maximum Gasteiger partial charge on any atom is 0.166 e. The van der Waals surface area contributed by atoms with Crippen molar-refractivity contribution in [3.8, 4) is 5.75 Å². The normalized spacial score (nSPS) is 14.7. The molecule has 21 heavy (non-hydrogen) atoms. The van der Waals surface area contributed by atoms with Crippen LogP contribution in [0.25, 0.3) is 11.0 Å². The van der Waals surface area contributed by atoms with Gasteiger partial charge in [0.05, 0.1) is 23.9 Å². The summed E-state index contributed by atoms with van der Waals surface area (Å²) >= 11 is 1.62. The number of aromatic amines is 2. The van der Waals surface area contributed by atoms with Gasteiger partial charge in [0.25, 0.3) is 0 Å². The van der Waals surface area contributed by atoms with Crippen LogP contribution in [-0.2, 0) is 5.75 Å². The molecule has 6 nitrogen and oxygen atoms in total. The molecular formula is C14H15N5OS. The summed E-state index contributed by atoms with van der Waals surface area (Å²) < 4.78 is 5.21. The second-order valence-electron chi connectivity index (χ2n) is 5.13. The minimum Gasteiger partial charge on any atom is -0.497 e. The predicted octanol–water partition coefficient (Wildman–Crippen LogP) is 2.86. The third kappa shape index (κ3) is 2.61. The van der Waals surface area contributed by atoms with Crippen LogP contribution in [0, 0.1) is 0 Å². The molecule has 2 aromatic heterocycles. The Labute approximate surface area is 125 Å². The van der Waals surface area contributed by atoms with Crippen molar-refractivity contribution in [3.63, 3.8) is 0 Å². The maximum atomic E-state index is 5.21. The van der Waals surface area contributed by atoms with Crippen molar-refractivity contribution < 1.29 is 4.74 Å². The SMILES string of the molecule is COc1ccc2nc(SCc3nc(C4CC4)n[nH]3)[nH]c2c1. The minimum atomic E-state index is 0.582. The molecule has 0 bridgehead atoms. The maximum absolute atomic E-state index is 5.21. The van der Waals surface area contributed by atoms with E-state index in [4.69, 9.17) is 4.74 Å². The van der Waals surface area contributed by atoms with E-state index in [-0.39, 0.29) is 0 Å². The second kappa shape index (κ2) is 5.07. The Balaban J connectivity index is 1.48. The molecule has 1 fully saturated rings. The summed E-state index contributed by atoms with van der Waals surface area (Å²) in [5.74, 6) is 4.00. The van der Waals surface area contributed by atoms with Crippen LogP contribution in [0.1, 0.15) is 30.4 Å². The van der Waals surface area contributed by atoms with Crippen LogP contribution < -0.4 is 4.74 Å². The number of H-pyrrole nitrogens is 2. The fraction of sp³-hybridized carbons (Fsp3) is 0.357. The highest BCUT2D eigenvalue weighted by Crippen LogP contribution is 2.38. The number of rotatable bonds is 5. The van der Waals surface area contributed by atoms with Crippen molar-refractivity contribution in [1.82, 2.24) is 25.1 Å². The fourth-order valence-corrected chi connectivity index (χ4v) is 2.94. The van der Waals surface area contributed by atoms with E-state index in [0.29, 0.717) is 5.92 Å².